The Morgan fingerprint density at radius 2 is 1.85 bits per heavy atom. The molecule has 0 amide bonds. The first-order valence-corrected chi connectivity index (χ1v) is 12.2. The predicted molar refractivity (Wildman–Crippen MR) is 122 cm³/mol. The van der Waals surface area contributed by atoms with Crippen molar-refractivity contribution < 1.29 is 26.7 Å². The molecule has 0 radical (unpaired) electrons. The number of hydrogen-bond acceptors (Lipinski definition) is 5. The van der Waals surface area contributed by atoms with E-state index in [-0.39, 0.29) is 15.6 Å². The monoisotopic (exact) mass is 511 g/mol. The summed E-state index contributed by atoms with van der Waals surface area (Å²) in [7, 11) is -4.35. The zero-order valence-electron chi connectivity index (χ0n) is 17.8. The zero-order chi connectivity index (χ0) is 24.5. The minimum atomic E-state index is -4.70. The maximum atomic E-state index is 13.5. The number of halogens is 4. The fourth-order valence-electron chi connectivity index (χ4n) is 3.84. The molecule has 1 aromatic heterocycles. The Bertz CT molecular complexity index is 1270. The van der Waals surface area contributed by atoms with Crippen LogP contribution in [-0.4, -0.2) is 42.7 Å². The summed E-state index contributed by atoms with van der Waals surface area (Å²) in [4.78, 5) is 5.61. The van der Waals surface area contributed by atoms with E-state index in [1.807, 2.05) is 6.07 Å². The van der Waals surface area contributed by atoms with Gasteiger partial charge >= 0.3 is 6.18 Å². The van der Waals surface area contributed by atoms with Crippen molar-refractivity contribution >= 4 is 27.3 Å². The lowest BCUT2D eigenvalue weighted by Gasteiger charge is -2.36. The van der Waals surface area contributed by atoms with E-state index in [4.69, 9.17) is 11.6 Å². The van der Waals surface area contributed by atoms with Crippen LogP contribution >= 0.6 is 11.6 Å². The van der Waals surface area contributed by atoms with E-state index in [1.165, 1.54) is 24.3 Å². The van der Waals surface area contributed by atoms with Crippen LogP contribution in [0, 0.1) is 0 Å². The van der Waals surface area contributed by atoms with Crippen LogP contribution in [0.25, 0.3) is 0 Å². The van der Waals surface area contributed by atoms with Crippen LogP contribution in [0.1, 0.15) is 16.7 Å². The van der Waals surface area contributed by atoms with Crippen LogP contribution in [-0.2, 0) is 29.2 Å². The molecule has 0 saturated carbocycles. The number of aromatic nitrogens is 1. The third-order valence-corrected chi connectivity index (χ3v) is 7.78. The van der Waals surface area contributed by atoms with Crippen molar-refractivity contribution in [1.29, 1.82) is 0 Å². The summed E-state index contributed by atoms with van der Waals surface area (Å²) in [5, 5.41) is 10.8. The molecule has 1 aliphatic rings. The van der Waals surface area contributed by atoms with Gasteiger partial charge in [0, 0.05) is 25.5 Å². The lowest BCUT2D eigenvalue weighted by atomic mass is 10.0. The Morgan fingerprint density at radius 3 is 2.56 bits per heavy atom. The molecule has 4 rings (SSSR count). The molecule has 34 heavy (non-hydrogen) atoms. The number of benzene rings is 2. The molecule has 0 saturated heterocycles. The van der Waals surface area contributed by atoms with Crippen molar-refractivity contribution in [3.8, 4) is 0 Å². The van der Waals surface area contributed by atoms with E-state index in [1.54, 1.807) is 23.4 Å². The minimum absolute atomic E-state index is 0.134. The third kappa shape index (κ3) is 5.05. The second-order valence-corrected chi connectivity index (χ2v) is 10.1. The summed E-state index contributed by atoms with van der Waals surface area (Å²) in [5.41, 5.74) is 0.561. The number of alkyl halides is 3. The first-order chi connectivity index (χ1) is 16.1. The van der Waals surface area contributed by atoms with E-state index >= 15 is 0 Å². The summed E-state index contributed by atoms with van der Waals surface area (Å²) < 4.78 is 68.0. The summed E-state index contributed by atoms with van der Waals surface area (Å²) in [6, 6.07) is 11.6. The van der Waals surface area contributed by atoms with Gasteiger partial charge in [0.15, 0.2) is 0 Å². The first kappa shape index (κ1) is 24.5. The van der Waals surface area contributed by atoms with Gasteiger partial charge in [-0.25, -0.2) is 8.42 Å². The Labute approximate surface area is 200 Å². The zero-order valence-corrected chi connectivity index (χ0v) is 19.4. The molecule has 3 aromatic rings. The Hall–Kier alpha value is -2.66. The van der Waals surface area contributed by atoms with Crippen molar-refractivity contribution in [2.45, 2.75) is 30.3 Å². The number of aliphatic hydroxyl groups is 1. The summed E-state index contributed by atoms with van der Waals surface area (Å²) >= 11 is 6.20. The van der Waals surface area contributed by atoms with Gasteiger partial charge in [-0.15, -0.1) is 0 Å². The second kappa shape index (κ2) is 9.53. The molecule has 2 heterocycles. The van der Waals surface area contributed by atoms with E-state index in [9.17, 15) is 26.7 Å². The number of fused-ring (bicyclic) bond motifs is 1. The van der Waals surface area contributed by atoms with Crippen molar-refractivity contribution in [3.63, 3.8) is 0 Å². The number of hydrogen-bond donors (Lipinski definition) is 1. The Kier molecular flexibility index (Phi) is 6.86. The molecule has 0 aliphatic carbocycles. The topological polar surface area (TPSA) is 73.7 Å². The molecular weight excluding hydrogens is 491 g/mol. The number of sulfonamides is 1. The maximum Gasteiger partial charge on any atom is 0.416 e. The number of rotatable bonds is 6. The molecule has 1 aliphatic heterocycles. The van der Waals surface area contributed by atoms with Gasteiger partial charge < -0.3 is 5.11 Å². The summed E-state index contributed by atoms with van der Waals surface area (Å²) in [6.45, 7) is 0.253. The number of anilines is 1. The van der Waals surface area contributed by atoms with Crippen LogP contribution in [0.15, 0.2) is 71.9 Å². The van der Waals surface area contributed by atoms with Crippen molar-refractivity contribution in [3.05, 3.63) is 88.7 Å². The third-order valence-electron chi connectivity index (χ3n) is 5.67. The van der Waals surface area contributed by atoms with Gasteiger partial charge in [0.2, 0.25) is 0 Å². The number of pyridine rings is 1. The molecule has 0 fully saturated rings. The second-order valence-electron chi connectivity index (χ2n) is 7.86. The lowest BCUT2D eigenvalue weighted by Crippen LogP contribution is -2.48. The van der Waals surface area contributed by atoms with E-state index < -0.39 is 34.5 Å². The van der Waals surface area contributed by atoms with Crippen molar-refractivity contribution in [2.24, 2.45) is 0 Å². The van der Waals surface area contributed by atoms with Gasteiger partial charge in [-0.1, -0.05) is 29.8 Å². The van der Waals surface area contributed by atoms with E-state index in [0.717, 1.165) is 27.6 Å². The summed E-state index contributed by atoms with van der Waals surface area (Å²) in [5.74, 6) is 0. The lowest BCUT2D eigenvalue weighted by molar-refractivity contribution is -0.137. The molecule has 6 nitrogen and oxygen atoms in total. The SMILES string of the molecule is O=S(=O)(c1ccccc1)N(CC(O)N1CCc2cnccc2C1)c1cc(C(F)(F)F)ccc1Cl. The average Bonchev–Trinajstić information content (AvgIpc) is 2.82. The molecule has 180 valence electrons. The molecule has 0 spiro atoms. The molecule has 1 atom stereocenters. The average molecular weight is 512 g/mol. The number of aliphatic hydroxyl groups excluding tert-OH is 1. The van der Waals surface area contributed by atoms with Crippen molar-refractivity contribution in [2.75, 3.05) is 17.4 Å². The largest absolute Gasteiger partial charge is 0.416 e. The Balaban J connectivity index is 1.72. The molecule has 0 bridgehead atoms. The highest BCUT2D eigenvalue weighted by Crippen LogP contribution is 2.37. The van der Waals surface area contributed by atoms with E-state index in [0.29, 0.717) is 25.6 Å². The van der Waals surface area contributed by atoms with E-state index in [2.05, 4.69) is 4.98 Å². The minimum Gasteiger partial charge on any atom is -0.376 e. The fraction of sp³-hybridized carbons (Fsp3) is 0.261. The highest BCUT2D eigenvalue weighted by atomic mass is 35.5. The van der Waals surface area contributed by atoms with Crippen LogP contribution in [0.3, 0.4) is 0 Å². The molecule has 2 aromatic carbocycles. The van der Waals surface area contributed by atoms with Gasteiger partial charge in [-0.3, -0.25) is 14.2 Å². The Morgan fingerprint density at radius 1 is 1.12 bits per heavy atom. The quantitative estimate of drug-likeness (QED) is 0.533. The van der Waals surface area contributed by atoms with Crippen LogP contribution < -0.4 is 4.31 Å². The van der Waals surface area contributed by atoms with Crippen LogP contribution in [0.2, 0.25) is 5.02 Å². The molecular formula is C23H21ClF3N3O3S. The van der Waals surface area contributed by atoms with Gasteiger partial charge in [0.25, 0.3) is 10.0 Å². The molecule has 1 unspecified atom stereocenters. The normalized spacial score (nSPS) is 15.6. The van der Waals surface area contributed by atoms with Crippen LogP contribution in [0.5, 0.6) is 0 Å². The van der Waals surface area contributed by atoms with Gasteiger partial charge in [0.05, 0.1) is 27.7 Å². The van der Waals surface area contributed by atoms with Crippen LogP contribution in [0.4, 0.5) is 18.9 Å². The maximum absolute atomic E-state index is 13.5. The van der Waals surface area contributed by atoms with Gasteiger partial charge in [-0.2, -0.15) is 13.2 Å². The number of nitrogens with zero attached hydrogens (tertiary/aromatic N) is 3. The van der Waals surface area contributed by atoms with Gasteiger partial charge in [0.1, 0.15) is 6.23 Å². The molecule has 11 heteroatoms. The van der Waals surface area contributed by atoms with Crippen molar-refractivity contribution in [1.82, 2.24) is 9.88 Å². The standard InChI is InChI=1S/C23H21ClF3N3O3S/c24-20-7-6-18(23(25,26)27)12-21(20)30(34(32,33)19-4-2-1-3-5-19)15-22(31)29-11-9-16-13-28-10-8-17(16)14-29/h1-8,10,12-13,22,31H,9,11,14-15H2. The highest BCUT2D eigenvalue weighted by molar-refractivity contribution is 7.92. The van der Waals surface area contributed by atoms with Gasteiger partial charge in [-0.05, 0) is 53.9 Å². The highest BCUT2D eigenvalue weighted by Gasteiger charge is 2.35. The predicted octanol–water partition coefficient (Wildman–Crippen LogP) is 4.33. The molecule has 1 N–H and O–H groups in total. The first-order valence-electron chi connectivity index (χ1n) is 10.4. The fourth-order valence-corrected chi connectivity index (χ4v) is 5.61. The smallest absolute Gasteiger partial charge is 0.376 e. The summed E-state index contributed by atoms with van der Waals surface area (Å²) in [6.07, 6.45) is -2.04.